The first-order valence-corrected chi connectivity index (χ1v) is 8.57. The summed E-state index contributed by atoms with van der Waals surface area (Å²) in [5, 5.41) is 5.67. The highest BCUT2D eigenvalue weighted by atomic mass is 16.5. The van der Waals surface area contributed by atoms with E-state index < -0.39 is 0 Å². The Labute approximate surface area is 152 Å². The van der Waals surface area contributed by atoms with Crippen LogP contribution in [0.5, 0.6) is 0 Å². The molecule has 1 unspecified atom stereocenters. The number of carbonyl (C=O) groups excluding carboxylic acids is 2. The molecule has 2 N–H and O–H groups in total. The lowest BCUT2D eigenvalue weighted by Gasteiger charge is -2.11. The molecule has 2 aromatic rings. The molecule has 1 heterocycles. The van der Waals surface area contributed by atoms with Crippen LogP contribution in [0.1, 0.15) is 28.8 Å². The van der Waals surface area contributed by atoms with E-state index in [9.17, 15) is 9.59 Å². The van der Waals surface area contributed by atoms with E-state index in [1.54, 1.807) is 43.5 Å². The fourth-order valence-electron chi connectivity index (χ4n) is 2.82. The second kappa shape index (κ2) is 8.60. The normalized spacial score (nSPS) is 16.3. The van der Waals surface area contributed by atoms with Crippen LogP contribution >= 0.6 is 0 Å². The maximum Gasteiger partial charge on any atom is 0.255 e. The number of hydrogen-bond donors (Lipinski definition) is 2. The molecule has 136 valence electrons. The third-order valence-corrected chi connectivity index (χ3v) is 4.13. The first kappa shape index (κ1) is 18.1. The maximum atomic E-state index is 12.4. The minimum atomic E-state index is -0.367. The minimum Gasteiger partial charge on any atom is -0.380 e. The Morgan fingerprint density at radius 2 is 1.85 bits per heavy atom. The summed E-state index contributed by atoms with van der Waals surface area (Å²) in [5.74, 6) is -0.326. The molecule has 0 spiro atoms. The second-order valence-corrected chi connectivity index (χ2v) is 6.16. The van der Waals surface area contributed by atoms with Gasteiger partial charge in [0.05, 0.1) is 6.61 Å². The fourth-order valence-corrected chi connectivity index (χ4v) is 2.82. The second-order valence-electron chi connectivity index (χ2n) is 6.16. The van der Waals surface area contributed by atoms with E-state index in [1.165, 1.54) is 0 Å². The number of rotatable bonds is 6. The molecule has 6 nitrogen and oxygen atoms in total. The highest BCUT2D eigenvalue weighted by Gasteiger charge is 2.23. The molecule has 1 aliphatic rings. The monoisotopic (exact) mass is 354 g/mol. The van der Waals surface area contributed by atoms with Crippen LogP contribution in [0.3, 0.4) is 0 Å². The standard InChI is InChI=1S/C20H22N2O4/c1-25-13-14-4-2-5-15(12-14)19(23)21-16-7-9-17(10-8-16)22-20(24)18-6-3-11-26-18/h2,4-5,7-10,12,18H,3,6,11,13H2,1H3,(H,21,23)(H,22,24). The third-order valence-electron chi connectivity index (χ3n) is 4.13. The van der Waals surface area contributed by atoms with E-state index in [0.29, 0.717) is 30.2 Å². The largest absolute Gasteiger partial charge is 0.380 e. The van der Waals surface area contributed by atoms with Gasteiger partial charge in [-0.15, -0.1) is 0 Å². The van der Waals surface area contributed by atoms with E-state index in [1.807, 2.05) is 12.1 Å². The quantitative estimate of drug-likeness (QED) is 0.835. The summed E-state index contributed by atoms with van der Waals surface area (Å²) in [6.07, 6.45) is 1.30. The van der Waals surface area contributed by atoms with Gasteiger partial charge in [-0.05, 0) is 54.8 Å². The molecule has 1 aliphatic heterocycles. The molecule has 26 heavy (non-hydrogen) atoms. The van der Waals surface area contributed by atoms with Gasteiger partial charge in [0.15, 0.2) is 0 Å². The molecule has 1 atom stereocenters. The summed E-state index contributed by atoms with van der Waals surface area (Å²) < 4.78 is 10.4. The van der Waals surface area contributed by atoms with Crippen molar-refractivity contribution in [3.05, 3.63) is 59.7 Å². The van der Waals surface area contributed by atoms with Gasteiger partial charge in [0.2, 0.25) is 0 Å². The van der Waals surface area contributed by atoms with Gasteiger partial charge in [-0.3, -0.25) is 9.59 Å². The molecular formula is C20H22N2O4. The molecule has 2 amide bonds. The van der Waals surface area contributed by atoms with Crippen molar-refractivity contribution in [3.8, 4) is 0 Å². The van der Waals surface area contributed by atoms with Crippen molar-refractivity contribution in [2.45, 2.75) is 25.6 Å². The first-order chi connectivity index (χ1) is 12.7. The molecule has 0 bridgehead atoms. The van der Waals surface area contributed by atoms with Crippen molar-refractivity contribution in [3.63, 3.8) is 0 Å². The van der Waals surface area contributed by atoms with Crippen LogP contribution in [0, 0.1) is 0 Å². The van der Waals surface area contributed by atoms with Crippen molar-refractivity contribution in [1.29, 1.82) is 0 Å². The molecule has 1 fully saturated rings. The summed E-state index contributed by atoms with van der Waals surface area (Å²) in [7, 11) is 1.62. The number of benzene rings is 2. The lowest BCUT2D eigenvalue weighted by molar-refractivity contribution is -0.124. The molecule has 0 aromatic heterocycles. The summed E-state index contributed by atoms with van der Waals surface area (Å²) in [6, 6.07) is 14.3. The zero-order chi connectivity index (χ0) is 18.4. The van der Waals surface area contributed by atoms with Gasteiger partial charge in [-0.25, -0.2) is 0 Å². The van der Waals surface area contributed by atoms with Crippen molar-refractivity contribution < 1.29 is 19.1 Å². The first-order valence-electron chi connectivity index (χ1n) is 8.57. The van der Waals surface area contributed by atoms with E-state index in [2.05, 4.69) is 10.6 Å². The maximum absolute atomic E-state index is 12.4. The van der Waals surface area contributed by atoms with Crippen molar-refractivity contribution >= 4 is 23.2 Å². The lowest BCUT2D eigenvalue weighted by Crippen LogP contribution is -2.26. The van der Waals surface area contributed by atoms with Crippen LogP contribution in [0.2, 0.25) is 0 Å². The van der Waals surface area contributed by atoms with Gasteiger partial charge in [-0.2, -0.15) is 0 Å². The van der Waals surface area contributed by atoms with Gasteiger partial charge in [0.1, 0.15) is 6.10 Å². The molecule has 0 saturated carbocycles. The number of hydrogen-bond acceptors (Lipinski definition) is 4. The number of methoxy groups -OCH3 is 1. The van der Waals surface area contributed by atoms with Crippen LogP contribution in [0.4, 0.5) is 11.4 Å². The number of ether oxygens (including phenoxy) is 2. The van der Waals surface area contributed by atoms with E-state index >= 15 is 0 Å². The molecule has 6 heteroatoms. The molecule has 3 rings (SSSR count). The van der Waals surface area contributed by atoms with E-state index in [0.717, 1.165) is 18.4 Å². The average molecular weight is 354 g/mol. The number of carbonyl (C=O) groups is 2. The SMILES string of the molecule is COCc1cccc(C(=O)Nc2ccc(NC(=O)C3CCCO3)cc2)c1. The summed E-state index contributed by atoms with van der Waals surface area (Å²) >= 11 is 0. The van der Waals surface area contributed by atoms with Crippen molar-refractivity contribution in [2.24, 2.45) is 0 Å². The predicted molar refractivity (Wildman–Crippen MR) is 99.2 cm³/mol. The number of nitrogens with one attached hydrogen (secondary N) is 2. The molecule has 2 aromatic carbocycles. The van der Waals surface area contributed by atoms with Crippen LogP contribution in [-0.4, -0.2) is 31.6 Å². The number of amides is 2. The zero-order valence-electron chi connectivity index (χ0n) is 14.7. The highest BCUT2D eigenvalue weighted by molar-refractivity contribution is 6.04. The molecule has 1 saturated heterocycles. The van der Waals surface area contributed by atoms with Gasteiger partial charge in [0, 0.05) is 30.7 Å². The summed E-state index contributed by atoms with van der Waals surface area (Å²) in [4.78, 5) is 24.4. The van der Waals surface area contributed by atoms with Gasteiger partial charge < -0.3 is 20.1 Å². The Kier molecular flexibility index (Phi) is 5.99. The van der Waals surface area contributed by atoms with Crippen molar-refractivity contribution in [2.75, 3.05) is 24.4 Å². The summed E-state index contributed by atoms with van der Waals surface area (Å²) in [6.45, 7) is 1.09. The Morgan fingerprint density at radius 1 is 1.12 bits per heavy atom. The van der Waals surface area contributed by atoms with Gasteiger partial charge >= 0.3 is 0 Å². The van der Waals surface area contributed by atoms with Gasteiger partial charge in [-0.1, -0.05) is 12.1 Å². The fraction of sp³-hybridized carbons (Fsp3) is 0.300. The number of anilines is 2. The third kappa shape index (κ3) is 4.68. The smallest absolute Gasteiger partial charge is 0.255 e. The van der Waals surface area contributed by atoms with Gasteiger partial charge in [0.25, 0.3) is 11.8 Å². The van der Waals surface area contributed by atoms with Crippen LogP contribution < -0.4 is 10.6 Å². The molecule has 0 aliphatic carbocycles. The van der Waals surface area contributed by atoms with Crippen LogP contribution in [0.25, 0.3) is 0 Å². The Balaban J connectivity index is 1.59. The topological polar surface area (TPSA) is 76.7 Å². The predicted octanol–water partition coefficient (Wildman–Crippen LogP) is 3.20. The van der Waals surface area contributed by atoms with Crippen molar-refractivity contribution in [1.82, 2.24) is 0 Å². The Morgan fingerprint density at radius 3 is 2.50 bits per heavy atom. The minimum absolute atomic E-state index is 0.130. The lowest BCUT2D eigenvalue weighted by atomic mass is 10.1. The molecular weight excluding hydrogens is 332 g/mol. The van der Waals surface area contributed by atoms with E-state index in [-0.39, 0.29) is 17.9 Å². The van der Waals surface area contributed by atoms with Crippen LogP contribution in [0.15, 0.2) is 48.5 Å². The van der Waals surface area contributed by atoms with Crippen LogP contribution in [-0.2, 0) is 20.9 Å². The Bertz CT molecular complexity index is 768. The zero-order valence-corrected chi connectivity index (χ0v) is 14.7. The Hall–Kier alpha value is -2.70. The summed E-state index contributed by atoms with van der Waals surface area (Å²) in [5.41, 5.74) is 2.83. The highest BCUT2D eigenvalue weighted by Crippen LogP contribution is 2.18. The average Bonchev–Trinajstić information content (AvgIpc) is 3.19. The molecule has 0 radical (unpaired) electrons. The van der Waals surface area contributed by atoms with E-state index in [4.69, 9.17) is 9.47 Å².